The third-order valence-electron chi connectivity index (χ3n) is 9.33. The molecule has 1 saturated heterocycles. The Labute approximate surface area is 320 Å². The fourth-order valence-corrected chi connectivity index (χ4v) is 7.88. The molecule has 7 aromatic rings. The third kappa shape index (κ3) is 5.73. The molecule has 0 radical (unpaired) electrons. The average Bonchev–Trinajstić information content (AvgIpc) is 3.97. The van der Waals surface area contributed by atoms with Crippen LogP contribution in [0.5, 0.6) is 0 Å². The van der Waals surface area contributed by atoms with E-state index in [2.05, 4.69) is 25.3 Å². The van der Waals surface area contributed by atoms with Gasteiger partial charge in [-0.15, -0.1) is 11.3 Å². The first-order valence-electron chi connectivity index (χ1n) is 16.2. The molecule has 284 valence electrons. The second kappa shape index (κ2) is 13.4. The number of rotatable bonds is 7. The number of aliphatic hydroxyl groups is 3. The van der Waals surface area contributed by atoms with Crippen molar-refractivity contribution in [1.29, 1.82) is 0 Å². The van der Waals surface area contributed by atoms with Crippen molar-refractivity contribution in [1.82, 2.24) is 39.3 Å². The van der Waals surface area contributed by atoms with Crippen molar-refractivity contribution in [3.63, 3.8) is 0 Å². The van der Waals surface area contributed by atoms with Gasteiger partial charge in [-0.3, -0.25) is 0 Å². The van der Waals surface area contributed by atoms with E-state index in [1.807, 2.05) is 0 Å². The Morgan fingerprint density at radius 2 is 1.47 bits per heavy atom. The molecule has 4 aromatic heterocycles. The van der Waals surface area contributed by atoms with Gasteiger partial charge in [-0.25, -0.2) is 46.0 Å². The molecular weight excluding hydrogens is 794 g/mol. The van der Waals surface area contributed by atoms with Crippen LogP contribution in [0.1, 0.15) is 23.1 Å². The molecule has 8 rings (SSSR count). The van der Waals surface area contributed by atoms with E-state index in [0.717, 1.165) is 51.0 Å². The molecule has 0 amide bonds. The minimum absolute atomic E-state index is 0.0186. The lowest BCUT2D eigenvalue weighted by atomic mass is 9.86. The largest absolute Gasteiger partial charge is 0.394 e. The number of aryl methyl sites for hydroxylation is 2. The van der Waals surface area contributed by atoms with Gasteiger partial charge in [0.25, 0.3) is 5.72 Å². The number of hydrogen-bond acceptors (Lipinski definition) is 10. The lowest BCUT2D eigenvalue weighted by Crippen LogP contribution is -2.68. The summed E-state index contributed by atoms with van der Waals surface area (Å²) in [4.78, 5) is 8.91. The predicted molar refractivity (Wildman–Crippen MR) is 189 cm³/mol. The zero-order valence-electron chi connectivity index (χ0n) is 28.2. The van der Waals surface area contributed by atoms with Gasteiger partial charge < -0.3 is 20.1 Å². The number of thiazole rings is 1. The molecular formula is C35H25Cl2F5N8O4S. The van der Waals surface area contributed by atoms with Gasteiger partial charge in [-0.1, -0.05) is 23.2 Å². The number of nitrogens with zero attached hydrogens (tertiary/aromatic N) is 8. The van der Waals surface area contributed by atoms with Crippen LogP contribution in [-0.4, -0.2) is 73.4 Å². The van der Waals surface area contributed by atoms with Crippen molar-refractivity contribution in [2.75, 3.05) is 6.61 Å². The van der Waals surface area contributed by atoms with Crippen molar-refractivity contribution in [3.05, 3.63) is 117 Å². The highest BCUT2D eigenvalue weighted by molar-refractivity contribution is 7.18. The summed E-state index contributed by atoms with van der Waals surface area (Å²) >= 11 is 12.8. The minimum atomic E-state index is -2.73. The lowest BCUT2D eigenvalue weighted by molar-refractivity contribution is -0.338. The normalized spacial score (nSPS) is 21.5. The second-order valence-electron chi connectivity index (χ2n) is 12.8. The van der Waals surface area contributed by atoms with Gasteiger partial charge in [0.2, 0.25) is 5.72 Å². The van der Waals surface area contributed by atoms with Crippen LogP contribution in [0.2, 0.25) is 10.0 Å². The number of benzene rings is 3. The maximum atomic E-state index is 16.1. The molecule has 3 N–H and O–H groups in total. The highest BCUT2D eigenvalue weighted by Gasteiger charge is 2.66. The Morgan fingerprint density at radius 1 is 0.873 bits per heavy atom. The van der Waals surface area contributed by atoms with Gasteiger partial charge >= 0.3 is 0 Å². The molecule has 3 aromatic carbocycles. The minimum Gasteiger partial charge on any atom is -0.394 e. The summed E-state index contributed by atoms with van der Waals surface area (Å²) in [5.74, 6) is -6.52. The van der Waals surface area contributed by atoms with Crippen molar-refractivity contribution in [2.24, 2.45) is 0 Å². The van der Waals surface area contributed by atoms with Gasteiger partial charge in [0.05, 0.1) is 50.4 Å². The van der Waals surface area contributed by atoms with E-state index < -0.39 is 81.6 Å². The fraction of sp³-hybridized carbons (Fsp3) is 0.229. The smallest absolute Gasteiger partial charge is 0.272 e. The van der Waals surface area contributed by atoms with Crippen LogP contribution in [-0.2, 0) is 16.2 Å². The number of ether oxygens (including phenoxy) is 1. The molecule has 4 atom stereocenters. The Balaban J connectivity index is 1.43. The summed E-state index contributed by atoms with van der Waals surface area (Å²) in [6.07, 6.45) is 0.613. The van der Waals surface area contributed by atoms with Gasteiger partial charge in [0, 0.05) is 47.1 Å². The standard InChI is InChI=1S/C35H25Cl2F5N8O4S/c1-15-45-33(50(47-15)25-8-28-24(7-23(25)38)46-16(2)55-28)35(49-13-18(11-44-49)20-4-6-22(37)32(42)30(20)40)34(53,9-26(52)27(14-51)54-35)48-12-17(10-43-48)19-3-5-21(36)31(41)29(19)39/h3-8,10-13,26-27,51-53H,9,14H2,1-2H3/t26-,27-,34-,35?/m1/s1. The van der Waals surface area contributed by atoms with Crippen LogP contribution in [0.15, 0.2) is 61.2 Å². The van der Waals surface area contributed by atoms with E-state index in [4.69, 9.17) is 27.9 Å². The molecule has 0 spiro atoms. The summed E-state index contributed by atoms with van der Waals surface area (Å²) in [5, 5.41) is 47.7. The van der Waals surface area contributed by atoms with Gasteiger partial charge in [-0.05, 0) is 44.2 Å². The van der Waals surface area contributed by atoms with Crippen LogP contribution in [0.4, 0.5) is 22.0 Å². The molecule has 1 fully saturated rings. The van der Waals surface area contributed by atoms with Crippen molar-refractivity contribution in [3.8, 4) is 27.9 Å². The molecule has 0 bridgehead atoms. The Hall–Kier alpha value is -4.82. The van der Waals surface area contributed by atoms with Gasteiger partial charge in [0.1, 0.15) is 17.6 Å². The quantitative estimate of drug-likeness (QED) is 0.123. The van der Waals surface area contributed by atoms with Gasteiger partial charge in [-0.2, -0.15) is 15.3 Å². The van der Waals surface area contributed by atoms with Crippen molar-refractivity contribution in [2.45, 2.75) is 43.9 Å². The molecule has 0 saturated carbocycles. The first-order chi connectivity index (χ1) is 26.2. The monoisotopic (exact) mass is 818 g/mol. The van der Waals surface area contributed by atoms with E-state index in [9.17, 15) is 24.1 Å². The second-order valence-corrected chi connectivity index (χ2v) is 14.8. The number of halogens is 7. The Bertz CT molecular complexity index is 2650. The molecule has 0 aliphatic carbocycles. The summed E-state index contributed by atoms with van der Waals surface area (Å²) < 4.78 is 85.8. The highest BCUT2D eigenvalue weighted by Crippen LogP contribution is 2.50. The number of aliphatic hydroxyl groups excluding tert-OH is 2. The van der Waals surface area contributed by atoms with Crippen molar-refractivity contribution >= 4 is 44.8 Å². The highest BCUT2D eigenvalue weighted by atomic mass is 35.5. The summed E-state index contributed by atoms with van der Waals surface area (Å²) in [6, 6.07) is 7.25. The Morgan fingerprint density at radius 3 is 2.09 bits per heavy atom. The first kappa shape index (κ1) is 37.1. The predicted octanol–water partition coefficient (Wildman–Crippen LogP) is 6.41. The zero-order chi connectivity index (χ0) is 39.1. The number of hydrogen-bond donors (Lipinski definition) is 3. The number of fused-ring (bicyclic) bond motifs is 1. The average molecular weight is 820 g/mol. The van der Waals surface area contributed by atoms with E-state index in [0.29, 0.717) is 15.2 Å². The summed E-state index contributed by atoms with van der Waals surface area (Å²) in [7, 11) is 0. The van der Waals surface area contributed by atoms with Crippen LogP contribution in [0, 0.1) is 42.9 Å². The van der Waals surface area contributed by atoms with Crippen LogP contribution in [0.3, 0.4) is 0 Å². The maximum Gasteiger partial charge on any atom is 0.272 e. The van der Waals surface area contributed by atoms with Crippen molar-refractivity contribution < 1.29 is 42.0 Å². The van der Waals surface area contributed by atoms with E-state index >= 15 is 13.2 Å². The fourth-order valence-electron chi connectivity index (χ4n) is 6.75. The van der Waals surface area contributed by atoms with Crippen LogP contribution in [0.25, 0.3) is 38.2 Å². The molecule has 1 aliphatic heterocycles. The molecule has 1 unspecified atom stereocenters. The van der Waals surface area contributed by atoms with Gasteiger partial charge in [0.15, 0.2) is 34.9 Å². The van der Waals surface area contributed by atoms with Crippen LogP contribution < -0.4 is 0 Å². The molecule has 1 aliphatic rings. The molecule has 5 heterocycles. The zero-order valence-corrected chi connectivity index (χ0v) is 30.6. The summed E-state index contributed by atoms with van der Waals surface area (Å²) in [5.41, 5.74) is -5.95. The topological polar surface area (TPSA) is 149 Å². The lowest BCUT2D eigenvalue weighted by Gasteiger charge is -2.51. The molecule has 20 heteroatoms. The first-order valence-corrected chi connectivity index (χ1v) is 17.8. The van der Waals surface area contributed by atoms with Crippen LogP contribution >= 0.6 is 34.5 Å². The maximum absolute atomic E-state index is 16.1. The van der Waals surface area contributed by atoms with E-state index in [-0.39, 0.29) is 33.8 Å². The number of aromatic nitrogens is 8. The van der Waals surface area contributed by atoms with E-state index in [1.165, 1.54) is 42.5 Å². The van der Waals surface area contributed by atoms with E-state index in [1.54, 1.807) is 6.92 Å². The SMILES string of the molecule is Cc1nc(C2(n3cc(-c4ccc(Cl)c(F)c4F)cn3)O[C@H](CO)[C@H](O)C[C@]2(O)n2cc(-c3ccc(Cl)c(F)c3F)cn2)n(-c2cc3sc(C)nc3cc2F)n1. The summed E-state index contributed by atoms with van der Waals surface area (Å²) in [6.45, 7) is 2.37. The molecule has 12 nitrogen and oxygen atoms in total. The Kier molecular flexibility index (Phi) is 9.07. The third-order valence-corrected chi connectivity index (χ3v) is 10.9. The molecule has 55 heavy (non-hydrogen) atoms.